The van der Waals surface area contributed by atoms with Crippen LogP contribution in [0.25, 0.3) is 0 Å². The van der Waals surface area contributed by atoms with Crippen molar-refractivity contribution in [1.82, 2.24) is 9.88 Å². The summed E-state index contributed by atoms with van der Waals surface area (Å²) in [4.78, 5) is 27.6. The highest BCUT2D eigenvalue weighted by Gasteiger charge is 2.21. The minimum Gasteiger partial charge on any atom is -0.496 e. The van der Waals surface area contributed by atoms with E-state index in [1.807, 2.05) is 31.2 Å². The number of hydrogen-bond donors (Lipinski definition) is 1. The number of rotatable bonds is 4. The van der Waals surface area contributed by atoms with Crippen LogP contribution in [0.15, 0.2) is 47.4 Å². The SMILES string of the molecule is COc1ccccc1C(C)N(C)C(=O)c1ccc(=O)[nH]c1. The number of nitrogens with one attached hydrogen (secondary N) is 1. The molecule has 0 aliphatic carbocycles. The third kappa shape index (κ3) is 3.13. The summed E-state index contributed by atoms with van der Waals surface area (Å²) < 4.78 is 5.33. The quantitative estimate of drug-likeness (QED) is 0.937. The van der Waals surface area contributed by atoms with Crippen LogP contribution >= 0.6 is 0 Å². The smallest absolute Gasteiger partial charge is 0.255 e. The van der Waals surface area contributed by atoms with E-state index >= 15 is 0 Å². The summed E-state index contributed by atoms with van der Waals surface area (Å²) in [6, 6.07) is 10.3. The van der Waals surface area contributed by atoms with Gasteiger partial charge in [-0.05, 0) is 19.1 Å². The Morgan fingerprint density at radius 1 is 1.24 bits per heavy atom. The molecule has 5 heteroatoms. The van der Waals surface area contributed by atoms with E-state index in [4.69, 9.17) is 4.74 Å². The lowest BCUT2D eigenvalue weighted by atomic mass is 10.1. The molecule has 0 bridgehead atoms. The molecule has 1 amide bonds. The number of H-pyrrole nitrogens is 1. The van der Waals surface area contributed by atoms with Gasteiger partial charge in [0.2, 0.25) is 5.56 Å². The third-order valence-electron chi connectivity index (χ3n) is 3.52. The van der Waals surface area contributed by atoms with Crippen LogP contribution in [0.2, 0.25) is 0 Å². The average Bonchev–Trinajstić information content (AvgIpc) is 2.53. The maximum Gasteiger partial charge on any atom is 0.255 e. The Balaban J connectivity index is 2.26. The summed E-state index contributed by atoms with van der Waals surface area (Å²) in [5.74, 6) is 0.579. The lowest BCUT2D eigenvalue weighted by Crippen LogP contribution is -2.30. The predicted octanol–water partition coefficient (Wildman–Crippen LogP) is 2.22. The third-order valence-corrected chi connectivity index (χ3v) is 3.52. The molecule has 110 valence electrons. The predicted molar refractivity (Wildman–Crippen MR) is 80.6 cm³/mol. The maximum atomic E-state index is 12.4. The number of amides is 1. The fourth-order valence-corrected chi connectivity index (χ4v) is 2.14. The molecule has 5 nitrogen and oxygen atoms in total. The van der Waals surface area contributed by atoms with Gasteiger partial charge >= 0.3 is 0 Å². The molecule has 1 N–H and O–H groups in total. The summed E-state index contributed by atoms with van der Waals surface area (Å²) in [5, 5.41) is 0. The van der Waals surface area contributed by atoms with Crippen molar-refractivity contribution in [3.05, 3.63) is 64.1 Å². The molecule has 0 saturated heterocycles. The second-order valence-electron chi connectivity index (χ2n) is 4.78. The molecule has 1 heterocycles. The monoisotopic (exact) mass is 286 g/mol. The number of aromatic nitrogens is 1. The van der Waals surface area contributed by atoms with E-state index in [1.54, 1.807) is 19.1 Å². The molecule has 1 aromatic heterocycles. The Labute approximate surface area is 123 Å². The Hall–Kier alpha value is -2.56. The van der Waals surface area contributed by atoms with E-state index in [9.17, 15) is 9.59 Å². The van der Waals surface area contributed by atoms with Gasteiger partial charge in [0.05, 0.1) is 18.7 Å². The minimum absolute atomic E-state index is 0.152. The fraction of sp³-hybridized carbons (Fsp3) is 0.250. The van der Waals surface area contributed by atoms with Gasteiger partial charge in [-0.25, -0.2) is 0 Å². The van der Waals surface area contributed by atoms with Crippen LogP contribution in [0, 0.1) is 0 Å². The van der Waals surface area contributed by atoms with Crippen LogP contribution in [0.3, 0.4) is 0 Å². The largest absolute Gasteiger partial charge is 0.496 e. The molecule has 0 aliphatic rings. The molecule has 0 saturated carbocycles. The molecule has 2 aromatic rings. The number of pyridine rings is 1. The van der Waals surface area contributed by atoms with Gasteiger partial charge in [-0.15, -0.1) is 0 Å². The number of carbonyl (C=O) groups excluding carboxylic acids is 1. The van der Waals surface area contributed by atoms with Gasteiger partial charge in [0, 0.05) is 24.9 Å². The molecule has 0 fully saturated rings. The van der Waals surface area contributed by atoms with Crippen LogP contribution in [0.5, 0.6) is 5.75 Å². The zero-order chi connectivity index (χ0) is 15.4. The van der Waals surface area contributed by atoms with Crippen molar-refractivity contribution in [2.45, 2.75) is 13.0 Å². The van der Waals surface area contributed by atoms with E-state index in [1.165, 1.54) is 18.3 Å². The molecular weight excluding hydrogens is 268 g/mol. The molecule has 1 atom stereocenters. The zero-order valence-corrected chi connectivity index (χ0v) is 12.3. The van der Waals surface area contributed by atoms with Crippen molar-refractivity contribution in [2.24, 2.45) is 0 Å². The summed E-state index contributed by atoms with van der Waals surface area (Å²) in [6.07, 6.45) is 1.43. The first-order valence-corrected chi connectivity index (χ1v) is 6.63. The fourth-order valence-electron chi connectivity index (χ4n) is 2.14. The highest BCUT2D eigenvalue weighted by molar-refractivity contribution is 5.94. The van der Waals surface area contributed by atoms with Crippen LogP contribution in [-0.2, 0) is 0 Å². The topological polar surface area (TPSA) is 62.4 Å². The minimum atomic E-state index is -0.230. The van der Waals surface area contributed by atoms with Crippen molar-refractivity contribution in [2.75, 3.05) is 14.2 Å². The van der Waals surface area contributed by atoms with Gasteiger partial charge < -0.3 is 14.6 Å². The molecule has 2 rings (SSSR count). The van der Waals surface area contributed by atoms with Gasteiger partial charge in [0.1, 0.15) is 5.75 Å². The van der Waals surface area contributed by atoms with Crippen LogP contribution < -0.4 is 10.3 Å². The highest BCUT2D eigenvalue weighted by Crippen LogP contribution is 2.28. The lowest BCUT2D eigenvalue weighted by molar-refractivity contribution is 0.0740. The molecule has 0 aliphatic heterocycles. The van der Waals surface area contributed by atoms with Gasteiger partial charge in [-0.1, -0.05) is 18.2 Å². The summed E-state index contributed by atoms with van der Waals surface area (Å²) in [6.45, 7) is 1.93. The molecule has 1 unspecified atom stereocenters. The number of aromatic amines is 1. The number of ether oxygens (including phenoxy) is 1. The first-order valence-electron chi connectivity index (χ1n) is 6.63. The number of nitrogens with zero attached hydrogens (tertiary/aromatic N) is 1. The van der Waals surface area contributed by atoms with E-state index in [0.29, 0.717) is 5.56 Å². The molecule has 21 heavy (non-hydrogen) atoms. The van der Waals surface area contributed by atoms with Crippen LogP contribution in [0.4, 0.5) is 0 Å². The van der Waals surface area contributed by atoms with Crippen molar-refractivity contribution >= 4 is 5.91 Å². The van der Waals surface area contributed by atoms with E-state index in [-0.39, 0.29) is 17.5 Å². The summed E-state index contributed by atoms with van der Waals surface area (Å²) in [5.41, 5.74) is 1.14. The van der Waals surface area contributed by atoms with Crippen LogP contribution in [0.1, 0.15) is 28.9 Å². The Bertz CT molecular complexity index is 673. The van der Waals surface area contributed by atoms with E-state index in [0.717, 1.165) is 11.3 Å². The van der Waals surface area contributed by atoms with E-state index < -0.39 is 0 Å². The Kier molecular flexibility index (Phi) is 4.42. The number of benzene rings is 1. The van der Waals surface area contributed by atoms with Gasteiger partial charge in [-0.2, -0.15) is 0 Å². The lowest BCUT2D eigenvalue weighted by Gasteiger charge is -2.26. The number of carbonyl (C=O) groups is 1. The number of methoxy groups -OCH3 is 1. The van der Waals surface area contributed by atoms with Crippen molar-refractivity contribution in [3.8, 4) is 5.75 Å². The Morgan fingerprint density at radius 2 is 1.95 bits per heavy atom. The maximum absolute atomic E-state index is 12.4. The standard InChI is InChI=1S/C16H18N2O3/c1-11(13-6-4-5-7-14(13)21-3)18(2)16(20)12-8-9-15(19)17-10-12/h4-11H,1-3H3,(H,17,19). The second-order valence-corrected chi connectivity index (χ2v) is 4.78. The average molecular weight is 286 g/mol. The highest BCUT2D eigenvalue weighted by atomic mass is 16.5. The van der Waals surface area contributed by atoms with Gasteiger partial charge in [0.25, 0.3) is 5.91 Å². The zero-order valence-electron chi connectivity index (χ0n) is 12.3. The van der Waals surface area contributed by atoms with E-state index in [2.05, 4.69) is 4.98 Å². The second kappa shape index (κ2) is 6.26. The number of hydrogen-bond acceptors (Lipinski definition) is 3. The molecular formula is C16H18N2O3. The van der Waals surface area contributed by atoms with Gasteiger partial charge in [-0.3, -0.25) is 9.59 Å². The molecule has 0 spiro atoms. The molecule has 0 radical (unpaired) electrons. The van der Waals surface area contributed by atoms with Gasteiger partial charge in [0.15, 0.2) is 0 Å². The number of para-hydroxylation sites is 1. The first kappa shape index (κ1) is 14.8. The van der Waals surface area contributed by atoms with Crippen LogP contribution in [-0.4, -0.2) is 29.9 Å². The normalized spacial score (nSPS) is 11.8. The Morgan fingerprint density at radius 3 is 2.57 bits per heavy atom. The van der Waals surface area contributed by atoms with Crippen molar-refractivity contribution in [3.63, 3.8) is 0 Å². The van der Waals surface area contributed by atoms with Crippen molar-refractivity contribution in [1.29, 1.82) is 0 Å². The molecule has 1 aromatic carbocycles. The summed E-state index contributed by atoms with van der Waals surface area (Å²) >= 11 is 0. The first-order chi connectivity index (χ1) is 10.0. The summed E-state index contributed by atoms with van der Waals surface area (Å²) in [7, 11) is 3.33. The van der Waals surface area contributed by atoms with Crippen molar-refractivity contribution < 1.29 is 9.53 Å².